The van der Waals surface area contributed by atoms with Gasteiger partial charge in [0.1, 0.15) is 24.4 Å². The smallest absolute Gasteiger partial charge is 0.186 e. The minimum absolute atomic E-state index is 0.0334. The second kappa shape index (κ2) is 7.91. The average molecular weight is 330 g/mol. The highest BCUT2D eigenvalue weighted by Crippen LogP contribution is 2.27. The largest absolute Gasteiger partial charge is 0.504 e. The van der Waals surface area contributed by atoms with Crippen LogP contribution in [0.1, 0.15) is 5.56 Å². The topological polar surface area (TPSA) is 129 Å². The predicted molar refractivity (Wildman–Crippen MR) is 78.1 cm³/mol. The number of aromatic hydroxyl groups is 1. The Morgan fingerprint density at radius 1 is 1.13 bits per heavy atom. The highest BCUT2D eigenvalue weighted by Gasteiger charge is 2.43. The molecule has 0 radical (unpaired) electrons. The number of hydrogen-bond acceptors (Lipinski definition) is 8. The molecule has 5 atom stereocenters. The third kappa shape index (κ3) is 4.11. The highest BCUT2D eigenvalue weighted by atomic mass is 16.7. The molecule has 130 valence electrons. The van der Waals surface area contributed by atoms with Crippen LogP contribution >= 0.6 is 0 Å². The van der Waals surface area contributed by atoms with E-state index in [2.05, 4.69) is 0 Å². The molecule has 5 N–H and O–H groups in total. The average Bonchev–Trinajstić information content (AvgIpc) is 2.56. The summed E-state index contributed by atoms with van der Waals surface area (Å²) in [7, 11) is 1.45. The zero-order chi connectivity index (χ0) is 17.0. The van der Waals surface area contributed by atoms with E-state index >= 15 is 0 Å². The van der Waals surface area contributed by atoms with Crippen molar-refractivity contribution in [3.8, 4) is 11.5 Å². The van der Waals surface area contributed by atoms with E-state index in [4.69, 9.17) is 19.3 Å². The molecule has 1 saturated heterocycles. The van der Waals surface area contributed by atoms with Crippen LogP contribution < -0.4 is 4.74 Å². The van der Waals surface area contributed by atoms with Crippen LogP contribution in [0.15, 0.2) is 18.2 Å². The minimum atomic E-state index is -1.46. The van der Waals surface area contributed by atoms with E-state index in [0.29, 0.717) is 12.2 Å². The van der Waals surface area contributed by atoms with Gasteiger partial charge in [-0.2, -0.15) is 0 Å². The van der Waals surface area contributed by atoms with Gasteiger partial charge in [-0.05, 0) is 24.1 Å². The molecule has 1 aromatic rings. The number of hydrogen-bond donors (Lipinski definition) is 5. The van der Waals surface area contributed by atoms with Crippen molar-refractivity contribution in [3.05, 3.63) is 23.8 Å². The van der Waals surface area contributed by atoms with Crippen LogP contribution in [0.25, 0.3) is 0 Å². The molecule has 0 bridgehead atoms. The van der Waals surface area contributed by atoms with Crippen molar-refractivity contribution in [1.29, 1.82) is 0 Å². The van der Waals surface area contributed by atoms with Crippen LogP contribution in [-0.4, -0.2) is 76.6 Å². The second-order valence-electron chi connectivity index (χ2n) is 5.32. The lowest BCUT2D eigenvalue weighted by Gasteiger charge is -2.39. The molecule has 1 aromatic carbocycles. The number of methoxy groups -OCH3 is 1. The summed E-state index contributed by atoms with van der Waals surface area (Å²) in [5.41, 5.74) is 0.837. The van der Waals surface area contributed by atoms with E-state index in [1.54, 1.807) is 12.1 Å². The molecule has 0 spiro atoms. The van der Waals surface area contributed by atoms with E-state index < -0.39 is 37.3 Å². The van der Waals surface area contributed by atoms with Gasteiger partial charge in [-0.25, -0.2) is 0 Å². The summed E-state index contributed by atoms with van der Waals surface area (Å²) in [6.45, 7) is -0.337. The number of ether oxygens (including phenoxy) is 3. The standard InChI is InChI=1S/C15H22O8/c1-21-10-6-8(2-3-9(10)17)4-5-22-15-14(20)13(19)12(18)11(7-16)23-15/h2-3,6,11-20H,4-5,7H2,1H3/t11-,12+,13+,14-,15-/m1/s1. The summed E-state index contributed by atoms with van der Waals surface area (Å²) in [5, 5.41) is 47.8. The Bertz CT molecular complexity index is 506. The van der Waals surface area contributed by atoms with Crippen LogP contribution in [0.5, 0.6) is 11.5 Å². The van der Waals surface area contributed by atoms with Crippen molar-refractivity contribution in [2.45, 2.75) is 37.1 Å². The molecule has 2 rings (SSSR count). The van der Waals surface area contributed by atoms with E-state index in [-0.39, 0.29) is 12.4 Å². The van der Waals surface area contributed by atoms with Crippen molar-refractivity contribution >= 4 is 0 Å². The first-order valence-electron chi connectivity index (χ1n) is 7.26. The molecule has 1 aliphatic rings. The zero-order valence-electron chi connectivity index (χ0n) is 12.7. The Labute approximate surface area is 133 Å². The van der Waals surface area contributed by atoms with Crippen molar-refractivity contribution in [2.24, 2.45) is 0 Å². The number of phenolic OH excluding ortho intramolecular Hbond substituents is 1. The molecule has 0 aromatic heterocycles. The first-order chi connectivity index (χ1) is 11.0. The number of phenols is 1. The SMILES string of the molecule is COc1cc(CCO[C@@H]2O[C@H](CO)[C@H](O)[C@H](O)[C@H]2O)ccc1O. The van der Waals surface area contributed by atoms with Crippen molar-refractivity contribution < 1.29 is 39.7 Å². The van der Waals surface area contributed by atoms with Crippen LogP contribution in [-0.2, 0) is 15.9 Å². The molecule has 1 aliphatic heterocycles. The number of aliphatic hydroxyl groups excluding tert-OH is 4. The monoisotopic (exact) mass is 330 g/mol. The lowest BCUT2D eigenvalue weighted by Crippen LogP contribution is -2.59. The van der Waals surface area contributed by atoms with Crippen molar-refractivity contribution in [3.63, 3.8) is 0 Å². The fraction of sp³-hybridized carbons (Fsp3) is 0.600. The van der Waals surface area contributed by atoms with Crippen LogP contribution in [0.4, 0.5) is 0 Å². The molecular weight excluding hydrogens is 308 g/mol. The summed E-state index contributed by atoms with van der Waals surface area (Å²) in [6.07, 6.45) is -5.97. The summed E-state index contributed by atoms with van der Waals surface area (Å²) < 4.78 is 15.6. The predicted octanol–water partition coefficient (Wildman–Crippen LogP) is -1.24. The van der Waals surface area contributed by atoms with Gasteiger partial charge in [0.15, 0.2) is 17.8 Å². The first-order valence-corrected chi connectivity index (χ1v) is 7.26. The zero-order valence-corrected chi connectivity index (χ0v) is 12.7. The van der Waals surface area contributed by atoms with E-state index in [9.17, 15) is 20.4 Å². The van der Waals surface area contributed by atoms with Gasteiger partial charge in [0.05, 0.1) is 20.3 Å². The van der Waals surface area contributed by atoms with Gasteiger partial charge in [-0.15, -0.1) is 0 Å². The lowest BCUT2D eigenvalue weighted by atomic mass is 9.99. The van der Waals surface area contributed by atoms with Gasteiger partial charge in [-0.3, -0.25) is 0 Å². The van der Waals surface area contributed by atoms with Gasteiger partial charge in [0.2, 0.25) is 0 Å². The molecular formula is C15H22O8. The quantitative estimate of drug-likeness (QED) is 0.438. The Morgan fingerprint density at radius 2 is 1.87 bits per heavy atom. The maximum atomic E-state index is 9.84. The third-order valence-electron chi connectivity index (χ3n) is 3.77. The lowest BCUT2D eigenvalue weighted by molar-refractivity contribution is -0.300. The van der Waals surface area contributed by atoms with Gasteiger partial charge in [0.25, 0.3) is 0 Å². The maximum Gasteiger partial charge on any atom is 0.186 e. The van der Waals surface area contributed by atoms with Gasteiger partial charge in [0, 0.05) is 0 Å². The molecule has 0 amide bonds. The summed E-state index contributed by atoms with van der Waals surface area (Å²) in [4.78, 5) is 0. The normalized spacial score (nSPS) is 31.1. The Morgan fingerprint density at radius 3 is 2.52 bits per heavy atom. The molecule has 23 heavy (non-hydrogen) atoms. The molecule has 0 aliphatic carbocycles. The van der Waals surface area contributed by atoms with Gasteiger partial charge >= 0.3 is 0 Å². The second-order valence-corrected chi connectivity index (χ2v) is 5.32. The fourth-order valence-electron chi connectivity index (χ4n) is 2.38. The van der Waals surface area contributed by atoms with E-state index in [1.165, 1.54) is 13.2 Å². The Hall–Kier alpha value is -1.42. The third-order valence-corrected chi connectivity index (χ3v) is 3.77. The Kier molecular flexibility index (Phi) is 6.17. The number of aliphatic hydroxyl groups is 4. The van der Waals surface area contributed by atoms with Crippen molar-refractivity contribution in [1.82, 2.24) is 0 Å². The maximum absolute atomic E-state index is 9.84. The molecule has 8 nitrogen and oxygen atoms in total. The van der Waals surface area contributed by atoms with Gasteiger partial charge < -0.3 is 39.7 Å². The minimum Gasteiger partial charge on any atom is -0.504 e. The molecule has 0 saturated carbocycles. The molecule has 1 heterocycles. The molecule has 8 heteroatoms. The highest BCUT2D eigenvalue weighted by molar-refractivity contribution is 5.41. The first kappa shape index (κ1) is 17.9. The summed E-state index contributed by atoms with van der Waals surface area (Å²) in [5.74, 6) is 0.376. The molecule has 1 fully saturated rings. The summed E-state index contributed by atoms with van der Waals surface area (Å²) in [6, 6.07) is 4.86. The Balaban J connectivity index is 1.90. The van der Waals surface area contributed by atoms with E-state index in [0.717, 1.165) is 5.56 Å². The van der Waals surface area contributed by atoms with Crippen LogP contribution in [0, 0.1) is 0 Å². The van der Waals surface area contributed by atoms with E-state index in [1.807, 2.05) is 0 Å². The van der Waals surface area contributed by atoms with Crippen molar-refractivity contribution in [2.75, 3.05) is 20.3 Å². The van der Waals surface area contributed by atoms with Crippen LogP contribution in [0.2, 0.25) is 0 Å². The van der Waals surface area contributed by atoms with Gasteiger partial charge in [-0.1, -0.05) is 6.07 Å². The number of rotatable bonds is 6. The summed E-state index contributed by atoms with van der Waals surface area (Å²) >= 11 is 0. The fourth-order valence-corrected chi connectivity index (χ4v) is 2.38. The number of benzene rings is 1. The molecule has 0 unspecified atom stereocenters. The van der Waals surface area contributed by atoms with Crippen LogP contribution in [0.3, 0.4) is 0 Å².